The van der Waals surface area contributed by atoms with Crippen molar-refractivity contribution in [3.63, 3.8) is 0 Å². The fraction of sp³-hybridized carbons (Fsp3) is 0.538. The van der Waals surface area contributed by atoms with Crippen LogP contribution < -0.4 is 10.6 Å². The van der Waals surface area contributed by atoms with Gasteiger partial charge in [-0.1, -0.05) is 0 Å². The number of nitrogens with zero attached hydrogens (tertiary/aromatic N) is 2. The van der Waals surface area contributed by atoms with Gasteiger partial charge in [0.1, 0.15) is 0 Å². The molecule has 114 valence electrons. The van der Waals surface area contributed by atoms with Crippen LogP contribution in [0.4, 0.5) is 11.4 Å². The van der Waals surface area contributed by atoms with E-state index in [1.54, 1.807) is 12.1 Å². The highest BCUT2D eigenvalue weighted by molar-refractivity contribution is 7.89. The summed E-state index contributed by atoms with van der Waals surface area (Å²) < 4.78 is 25.5. The summed E-state index contributed by atoms with van der Waals surface area (Å²) in [6.07, 6.45) is 0. The summed E-state index contributed by atoms with van der Waals surface area (Å²) in [5, 5.41) is 9.15. The third-order valence-corrected chi connectivity index (χ3v) is 4.87. The highest BCUT2D eigenvalue weighted by Crippen LogP contribution is 2.28. The molecule has 0 saturated heterocycles. The number of nitrogens with two attached hydrogens (primary N) is 1. The number of anilines is 2. The zero-order chi connectivity index (χ0) is 15.5. The minimum atomic E-state index is -3.50. The van der Waals surface area contributed by atoms with Gasteiger partial charge in [-0.2, -0.15) is 0 Å². The maximum atomic E-state index is 12.2. The number of sulfonamides is 1. The van der Waals surface area contributed by atoms with Crippen LogP contribution in [0.3, 0.4) is 0 Å². The van der Waals surface area contributed by atoms with E-state index in [1.165, 1.54) is 20.2 Å². The maximum absolute atomic E-state index is 12.2. The van der Waals surface area contributed by atoms with Crippen LogP contribution in [0.2, 0.25) is 0 Å². The Morgan fingerprint density at radius 1 is 1.30 bits per heavy atom. The van der Waals surface area contributed by atoms with Crippen molar-refractivity contribution in [2.45, 2.75) is 24.8 Å². The van der Waals surface area contributed by atoms with Gasteiger partial charge in [-0.3, -0.25) is 0 Å². The Morgan fingerprint density at radius 2 is 1.90 bits per heavy atom. The molecule has 3 N–H and O–H groups in total. The van der Waals surface area contributed by atoms with E-state index < -0.39 is 10.0 Å². The quantitative estimate of drug-likeness (QED) is 0.756. The molecule has 1 aromatic carbocycles. The zero-order valence-electron chi connectivity index (χ0n) is 12.4. The maximum Gasteiger partial charge on any atom is 0.242 e. The van der Waals surface area contributed by atoms with Gasteiger partial charge in [-0.05, 0) is 32.0 Å². The molecule has 0 saturated carbocycles. The van der Waals surface area contributed by atoms with Crippen molar-refractivity contribution in [1.82, 2.24) is 4.31 Å². The van der Waals surface area contributed by atoms with Crippen molar-refractivity contribution in [1.29, 1.82) is 0 Å². The fourth-order valence-electron chi connectivity index (χ4n) is 1.91. The van der Waals surface area contributed by atoms with E-state index in [9.17, 15) is 8.42 Å². The molecule has 0 radical (unpaired) electrons. The first kappa shape index (κ1) is 16.7. The number of rotatable bonds is 6. The van der Waals surface area contributed by atoms with Gasteiger partial charge in [0.05, 0.1) is 22.9 Å². The molecule has 1 aromatic rings. The number of hydrogen-bond acceptors (Lipinski definition) is 5. The number of nitrogen functional groups attached to an aromatic ring is 1. The van der Waals surface area contributed by atoms with Crippen LogP contribution in [0.15, 0.2) is 23.1 Å². The van der Waals surface area contributed by atoms with Gasteiger partial charge >= 0.3 is 0 Å². The summed E-state index contributed by atoms with van der Waals surface area (Å²) in [4.78, 5) is 2.07. The van der Waals surface area contributed by atoms with Gasteiger partial charge in [0, 0.05) is 26.7 Å². The number of aliphatic hydroxyl groups is 1. The van der Waals surface area contributed by atoms with E-state index in [-0.39, 0.29) is 17.5 Å². The van der Waals surface area contributed by atoms with Crippen LogP contribution in [0.5, 0.6) is 0 Å². The van der Waals surface area contributed by atoms with Crippen molar-refractivity contribution in [2.24, 2.45) is 0 Å². The molecule has 1 rings (SSSR count). The molecule has 20 heavy (non-hydrogen) atoms. The SMILES string of the molecule is CC(C)N(CCO)c1cc(S(=O)(=O)N(C)C)ccc1N. The fourth-order valence-corrected chi connectivity index (χ4v) is 2.83. The zero-order valence-corrected chi connectivity index (χ0v) is 13.2. The molecule has 0 atom stereocenters. The van der Waals surface area contributed by atoms with Crippen molar-refractivity contribution in [3.05, 3.63) is 18.2 Å². The van der Waals surface area contributed by atoms with Crippen LogP contribution in [-0.4, -0.2) is 51.1 Å². The average Bonchev–Trinajstić information content (AvgIpc) is 2.36. The number of benzene rings is 1. The largest absolute Gasteiger partial charge is 0.397 e. The molecule has 0 spiro atoms. The van der Waals surface area contributed by atoms with Crippen molar-refractivity contribution >= 4 is 21.4 Å². The second-order valence-electron chi connectivity index (χ2n) is 5.02. The molecular formula is C13H23N3O3S. The molecule has 0 aliphatic rings. The molecule has 0 aromatic heterocycles. The van der Waals surface area contributed by atoms with Crippen LogP contribution in [0, 0.1) is 0 Å². The summed E-state index contributed by atoms with van der Waals surface area (Å²) in [6, 6.07) is 4.73. The molecule has 0 heterocycles. The lowest BCUT2D eigenvalue weighted by Crippen LogP contribution is -2.34. The smallest absolute Gasteiger partial charge is 0.242 e. The lowest BCUT2D eigenvalue weighted by Gasteiger charge is -2.30. The minimum Gasteiger partial charge on any atom is -0.397 e. The van der Waals surface area contributed by atoms with Crippen LogP contribution in [-0.2, 0) is 10.0 Å². The van der Waals surface area contributed by atoms with Gasteiger partial charge in [-0.15, -0.1) is 0 Å². The Morgan fingerprint density at radius 3 is 2.35 bits per heavy atom. The van der Waals surface area contributed by atoms with E-state index in [0.29, 0.717) is 17.9 Å². The normalized spacial score (nSPS) is 12.2. The van der Waals surface area contributed by atoms with E-state index in [0.717, 1.165) is 4.31 Å². The minimum absolute atomic E-state index is 0.0255. The first-order chi connectivity index (χ1) is 9.21. The first-order valence-electron chi connectivity index (χ1n) is 6.41. The summed E-state index contributed by atoms with van der Waals surface area (Å²) >= 11 is 0. The molecule has 0 amide bonds. The third-order valence-electron chi connectivity index (χ3n) is 3.05. The predicted molar refractivity (Wildman–Crippen MR) is 81.3 cm³/mol. The molecule has 0 fully saturated rings. The molecule has 6 nitrogen and oxygen atoms in total. The highest BCUT2D eigenvalue weighted by atomic mass is 32.2. The van der Waals surface area contributed by atoms with Gasteiger partial charge in [0.15, 0.2) is 0 Å². The third kappa shape index (κ3) is 3.41. The Balaban J connectivity index is 3.34. The topological polar surface area (TPSA) is 86.9 Å². The van der Waals surface area contributed by atoms with Crippen molar-refractivity contribution < 1.29 is 13.5 Å². The molecule has 0 aliphatic heterocycles. The monoisotopic (exact) mass is 301 g/mol. The van der Waals surface area contributed by atoms with Crippen molar-refractivity contribution in [3.8, 4) is 0 Å². The van der Waals surface area contributed by atoms with Crippen LogP contribution >= 0.6 is 0 Å². The second kappa shape index (κ2) is 6.43. The van der Waals surface area contributed by atoms with E-state index >= 15 is 0 Å². The number of hydrogen-bond donors (Lipinski definition) is 2. The summed E-state index contributed by atoms with van der Waals surface area (Å²) in [5.74, 6) is 0. The second-order valence-corrected chi connectivity index (χ2v) is 7.17. The Kier molecular flexibility index (Phi) is 5.38. The molecular weight excluding hydrogens is 278 g/mol. The summed E-state index contributed by atoms with van der Waals surface area (Å²) in [6.45, 7) is 4.29. The molecule has 0 aliphatic carbocycles. The van der Waals surface area contributed by atoms with E-state index in [4.69, 9.17) is 10.8 Å². The molecule has 7 heteroatoms. The van der Waals surface area contributed by atoms with Crippen molar-refractivity contribution in [2.75, 3.05) is 37.9 Å². The molecule has 0 bridgehead atoms. The Labute approximate surface area is 120 Å². The first-order valence-corrected chi connectivity index (χ1v) is 7.85. The van der Waals surface area contributed by atoms with E-state index in [1.807, 2.05) is 18.7 Å². The van der Waals surface area contributed by atoms with Crippen LogP contribution in [0.1, 0.15) is 13.8 Å². The lowest BCUT2D eigenvalue weighted by atomic mass is 10.2. The molecule has 0 unspecified atom stereocenters. The summed E-state index contributed by atoms with van der Waals surface area (Å²) in [5.41, 5.74) is 7.06. The number of aliphatic hydroxyl groups excluding tert-OH is 1. The Hall–Kier alpha value is -1.31. The van der Waals surface area contributed by atoms with Crippen LogP contribution in [0.25, 0.3) is 0 Å². The predicted octanol–water partition coefficient (Wildman–Crippen LogP) is 0.726. The average molecular weight is 301 g/mol. The Bertz CT molecular complexity index is 556. The van der Waals surface area contributed by atoms with Gasteiger partial charge in [0.25, 0.3) is 0 Å². The summed E-state index contributed by atoms with van der Waals surface area (Å²) in [7, 11) is -0.531. The lowest BCUT2D eigenvalue weighted by molar-refractivity contribution is 0.299. The highest BCUT2D eigenvalue weighted by Gasteiger charge is 2.21. The van der Waals surface area contributed by atoms with Gasteiger partial charge in [0.2, 0.25) is 10.0 Å². The van der Waals surface area contributed by atoms with Gasteiger partial charge < -0.3 is 15.7 Å². The van der Waals surface area contributed by atoms with E-state index in [2.05, 4.69) is 0 Å². The standard InChI is InChI=1S/C13H23N3O3S/c1-10(2)16(7-8-17)13-9-11(5-6-12(13)14)20(18,19)15(3)4/h5-6,9-10,17H,7-8,14H2,1-4H3. The van der Waals surface area contributed by atoms with Gasteiger partial charge in [-0.25, -0.2) is 12.7 Å².